The van der Waals surface area contributed by atoms with Crippen LogP contribution in [0.4, 0.5) is 0 Å². The summed E-state index contributed by atoms with van der Waals surface area (Å²) in [5, 5.41) is 10.6. The number of aromatic nitrogens is 2. The van der Waals surface area contributed by atoms with Crippen molar-refractivity contribution in [3.8, 4) is 0 Å². The number of nitrogens with zero attached hydrogens (tertiary/aromatic N) is 1. The molecule has 0 aliphatic rings. The Kier molecular flexibility index (Phi) is 2.44. The zero-order chi connectivity index (χ0) is 19.4. The zero-order valence-electron chi connectivity index (χ0n) is 16.1. The number of H-pyrrole nitrogens is 1. The summed E-state index contributed by atoms with van der Waals surface area (Å²) in [4.78, 5) is 3.63. The van der Waals surface area contributed by atoms with Gasteiger partial charge in [-0.25, -0.2) is 0 Å². The quantitative estimate of drug-likeness (QED) is 0.279. The van der Waals surface area contributed by atoms with E-state index < -0.39 is 0 Å². The molecule has 0 amide bonds. The molecule has 1 N–H and O–H groups in total. The van der Waals surface area contributed by atoms with E-state index in [1.807, 2.05) is 0 Å². The van der Waals surface area contributed by atoms with Crippen molar-refractivity contribution in [3.63, 3.8) is 0 Å². The molecule has 8 rings (SSSR count). The van der Waals surface area contributed by atoms with Crippen molar-refractivity contribution in [1.29, 1.82) is 0 Å². The first-order valence-electron chi connectivity index (χ1n) is 10.4. The Hall–Kier alpha value is -4.04. The molecule has 0 saturated heterocycles. The molecule has 3 aromatic heterocycles. The molecule has 8 aromatic rings. The third-order valence-corrected chi connectivity index (χ3v) is 6.82. The van der Waals surface area contributed by atoms with Crippen LogP contribution in [-0.4, -0.2) is 9.38 Å². The van der Waals surface area contributed by atoms with Crippen LogP contribution in [-0.2, 0) is 0 Å². The molecule has 0 saturated carbocycles. The fourth-order valence-corrected chi connectivity index (χ4v) is 5.67. The fourth-order valence-electron chi connectivity index (χ4n) is 5.67. The molecule has 30 heavy (non-hydrogen) atoms. The maximum atomic E-state index is 3.63. The van der Waals surface area contributed by atoms with Crippen LogP contribution in [0.1, 0.15) is 0 Å². The van der Waals surface area contributed by atoms with Crippen molar-refractivity contribution in [1.82, 2.24) is 9.38 Å². The van der Waals surface area contributed by atoms with Crippen LogP contribution in [0.5, 0.6) is 0 Å². The van der Waals surface area contributed by atoms with Gasteiger partial charge in [0.2, 0.25) is 0 Å². The van der Waals surface area contributed by atoms with Crippen molar-refractivity contribution in [2.45, 2.75) is 0 Å². The van der Waals surface area contributed by atoms with Gasteiger partial charge in [-0.3, -0.25) is 0 Å². The molecule has 2 nitrogen and oxygen atoms in total. The summed E-state index contributed by atoms with van der Waals surface area (Å²) >= 11 is 0. The summed E-state index contributed by atoms with van der Waals surface area (Å²) < 4.78 is 2.46. The lowest BCUT2D eigenvalue weighted by Crippen LogP contribution is -1.79. The van der Waals surface area contributed by atoms with Gasteiger partial charge in [-0.1, -0.05) is 60.7 Å². The van der Waals surface area contributed by atoms with Crippen LogP contribution in [0.2, 0.25) is 0 Å². The predicted octanol–water partition coefficient (Wildman–Crippen LogP) is 7.62. The van der Waals surface area contributed by atoms with E-state index in [1.54, 1.807) is 0 Å². The lowest BCUT2D eigenvalue weighted by Gasteiger charge is -2.05. The molecule has 5 aromatic carbocycles. The minimum absolute atomic E-state index is 1.19. The summed E-state index contributed by atoms with van der Waals surface area (Å²) in [7, 11) is 0. The summed E-state index contributed by atoms with van der Waals surface area (Å²) in [6, 6.07) is 33.2. The Morgan fingerprint density at radius 2 is 1.20 bits per heavy atom. The molecule has 0 radical (unpaired) electrons. The third kappa shape index (κ3) is 1.56. The van der Waals surface area contributed by atoms with Gasteiger partial charge in [-0.15, -0.1) is 0 Å². The van der Waals surface area contributed by atoms with E-state index in [1.165, 1.54) is 70.7 Å². The average Bonchev–Trinajstić information content (AvgIpc) is 3.44. The van der Waals surface area contributed by atoms with Crippen molar-refractivity contribution in [2.75, 3.05) is 0 Å². The van der Waals surface area contributed by atoms with Gasteiger partial charge in [0, 0.05) is 48.7 Å². The SMILES string of the molecule is c1ccc2c(c1)[nH]c1ccc3cc4c5ccccc5n5c6ccccc6c(c3c12)c45. The van der Waals surface area contributed by atoms with Gasteiger partial charge >= 0.3 is 0 Å². The van der Waals surface area contributed by atoms with E-state index in [0.717, 1.165) is 0 Å². The molecule has 0 aliphatic heterocycles. The molecular formula is C28H16N2. The van der Waals surface area contributed by atoms with Gasteiger partial charge in [-0.05, 0) is 35.7 Å². The number of hydrogen-bond acceptors (Lipinski definition) is 0. The van der Waals surface area contributed by atoms with Gasteiger partial charge in [0.05, 0.1) is 16.6 Å². The smallest absolute Gasteiger partial charge is 0.0627 e. The van der Waals surface area contributed by atoms with Gasteiger partial charge in [-0.2, -0.15) is 0 Å². The van der Waals surface area contributed by atoms with Crippen LogP contribution in [0, 0.1) is 0 Å². The van der Waals surface area contributed by atoms with Gasteiger partial charge in [0.1, 0.15) is 0 Å². The normalized spacial score (nSPS) is 12.7. The first-order valence-corrected chi connectivity index (χ1v) is 10.4. The van der Waals surface area contributed by atoms with E-state index >= 15 is 0 Å². The van der Waals surface area contributed by atoms with Crippen LogP contribution >= 0.6 is 0 Å². The number of nitrogens with one attached hydrogen (secondary N) is 1. The number of rotatable bonds is 0. The Morgan fingerprint density at radius 1 is 0.500 bits per heavy atom. The molecule has 138 valence electrons. The number of fused-ring (bicyclic) bond motifs is 12. The molecule has 0 aliphatic carbocycles. The molecule has 0 atom stereocenters. The number of para-hydroxylation sites is 3. The molecule has 0 fully saturated rings. The van der Waals surface area contributed by atoms with Crippen LogP contribution in [0.25, 0.3) is 70.7 Å². The fraction of sp³-hybridized carbons (Fsp3) is 0. The van der Waals surface area contributed by atoms with Crippen molar-refractivity contribution < 1.29 is 0 Å². The second-order valence-electron chi connectivity index (χ2n) is 8.27. The maximum absolute atomic E-state index is 3.63. The highest BCUT2D eigenvalue weighted by Gasteiger charge is 2.21. The Balaban J connectivity index is 1.83. The minimum atomic E-state index is 1.19. The summed E-state index contributed by atoms with van der Waals surface area (Å²) in [5.74, 6) is 0. The van der Waals surface area contributed by atoms with Crippen LogP contribution in [0.3, 0.4) is 0 Å². The van der Waals surface area contributed by atoms with E-state index in [4.69, 9.17) is 0 Å². The summed E-state index contributed by atoms with van der Waals surface area (Å²) in [6.07, 6.45) is 0. The molecule has 2 heteroatoms. The molecule has 0 bridgehead atoms. The lowest BCUT2D eigenvalue weighted by molar-refractivity contribution is 1.37. The standard InChI is InChI=1S/C28H16N2/c1-4-10-21-18(8-1)26-22(29-21)14-13-16-15-20-17-7-2-5-11-23(17)30-24-12-6-3-9-19(24)27(25(16)26)28(20)30/h1-15,29H. The predicted molar refractivity (Wildman–Crippen MR) is 128 cm³/mol. The zero-order valence-corrected chi connectivity index (χ0v) is 16.1. The maximum Gasteiger partial charge on any atom is 0.0627 e. The Bertz CT molecular complexity index is 1950. The summed E-state index contributed by atoms with van der Waals surface area (Å²) in [5.41, 5.74) is 6.29. The van der Waals surface area contributed by atoms with E-state index in [-0.39, 0.29) is 0 Å². The van der Waals surface area contributed by atoms with Gasteiger partial charge in [0.15, 0.2) is 0 Å². The van der Waals surface area contributed by atoms with Crippen molar-refractivity contribution in [2.24, 2.45) is 0 Å². The average molecular weight is 380 g/mol. The minimum Gasteiger partial charge on any atom is -0.354 e. The molecule has 3 heterocycles. The highest BCUT2D eigenvalue weighted by Crippen LogP contribution is 2.45. The Morgan fingerprint density at radius 3 is 2.07 bits per heavy atom. The second-order valence-corrected chi connectivity index (χ2v) is 8.27. The number of benzene rings is 5. The van der Waals surface area contributed by atoms with Gasteiger partial charge < -0.3 is 9.38 Å². The van der Waals surface area contributed by atoms with E-state index in [9.17, 15) is 0 Å². The van der Waals surface area contributed by atoms with E-state index in [2.05, 4.69) is 100 Å². The largest absolute Gasteiger partial charge is 0.354 e. The summed E-state index contributed by atoms with van der Waals surface area (Å²) in [6.45, 7) is 0. The number of hydrogen-bond donors (Lipinski definition) is 1. The molecular weight excluding hydrogens is 364 g/mol. The van der Waals surface area contributed by atoms with Crippen LogP contribution < -0.4 is 0 Å². The monoisotopic (exact) mass is 380 g/mol. The molecule has 0 spiro atoms. The second kappa shape index (κ2) is 4.92. The first kappa shape index (κ1) is 14.9. The topological polar surface area (TPSA) is 20.2 Å². The number of aromatic amines is 1. The first-order chi connectivity index (χ1) is 14.9. The van der Waals surface area contributed by atoms with Crippen LogP contribution in [0.15, 0.2) is 91.0 Å². The highest BCUT2D eigenvalue weighted by molar-refractivity contribution is 6.37. The van der Waals surface area contributed by atoms with Crippen molar-refractivity contribution >= 4 is 70.7 Å². The van der Waals surface area contributed by atoms with Gasteiger partial charge in [0.25, 0.3) is 0 Å². The lowest BCUT2D eigenvalue weighted by atomic mass is 9.96. The van der Waals surface area contributed by atoms with E-state index in [0.29, 0.717) is 0 Å². The highest BCUT2D eigenvalue weighted by atomic mass is 14.9. The Labute approximate surface area is 171 Å². The van der Waals surface area contributed by atoms with Crippen molar-refractivity contribution in [3.05, 3.63) is 91.0 Å². The molecule has 0 unspecified atom stereocenters. The third-order valence-electron chi connectivity index (χ3n) is 6.82.